The molecule has 1 saturated carbocycles. The summed E-state index contributed by atoms with van der Waals surface area (Å²) in [5.41, 5.74) is 0.498. The van der Waals surface area contributed by atoms with E-state index < -0.39 is 0 Å². The Labute approximate surface area is 76.5 Å². The van der Waals surface area contributed by atoms with Crippen LogP contribution in [0.15, 0.2) is 0 Å². The maximum Gasteiger partial charge on any atom is 0.0582 e. The van der Waals surface area contributed by atoms with E-state index in [4.69, 9.17) is 4.74 Å². The third-order valence-corrected chi connectivity index (χ3v) is 2.75. The van der Waals surface area contributed by atoms with Gasteiger partial charge in [-0.15, -0.1) is 0 Å². The minimum atomic E-state index is 0.498. The van der Waals surface area contributed by atoms with Crippen LogP contribution in [0.5, 0.6) is 0 Å². The van der Waals surface area contributed by atoms with Crippen molar-refractivity contribution in [1.82, 2.24) is 0 Å². The molecule has 1 aliphatic rings. The lowest BCUT2D eigenvalue weighted by atomic mass is 9.71. The van der Waals surface area contributed by atoms with Crippen molar-refractivity contribution in [3.05, 3.63) is 0 Å². The normalized spacial score (nSPS) is 35.0. The van der Waals surface area contributed by atoms with Crippen LogP contribution in [0.3, 0.4) is 0 Å². The molecular formula is C11H22O. The summed E-state index contributed by atoms with van der Waals surface area (Å²) in [6.07, 6.45) is 4.38. The van der Waals surface area contributed by atoms with Crippen LogP contribution in [0.1, 0.15) is 47.0 Å². The molecule has 1 aliphatic carbocycles. The topological polar surface area (TPSA) is 9.23 Å². The molecule has 0 saturated heterocycles. The molecule has 0 radical (unpaired) electrons. The van der Waals surface area contributed by atoms with Gasteiger partial charge < -0.3 is 4.74 Å². The monoisotopic (exact) mass is 170 g/mol. The summed E-state index contributed by atoms with van der Waals surface area (Å²) < 4.78 is 5.69. The van der Waals surface area contributed by atoms with Gasteiger partial charge >= 0.3 is 0 Å². The standard InChI is InChI=1S/C11H22O/c1-5-12-10-6-9(2)7-11(3,4)8-10/h9-10H,5-8H2,1-4H3/t9-,10-/m1/s1. The first-order valence-electron chi connectivity index (χ1n) is 5.15. The highest BCUT2D eigenvalue weighted by Gasteiger charge is 2.31. The van der Waals surface area contributed by atoms with Crippen molar-refractivity contribution in [2.75, 3.05) is 6.61 Å². The maximum absolute atomic E-state index is 5.69. The van der Waals surface area contributed by atoms with Gasteiger partial charge in [-0.2, -0.15) is 0 Å². The van der Waals surface area contributed by atoms with Crippen molar-refractivity contribution >= 4 is 0 Å². The molecule has 12 heavy (non-hydrogen) atoms. The molecule has 0 bridgehead atoms. The summed E-state index contributed by atoms with van der Waals surface area (Å²) in [6, 6.07) is 0. The highest BCUT2D eigenvalue weighted by Crippen LogP contribution is 2.39. The first-order valence-corrected chi connectivity index (χ1v) is 5.15. The van der Waals surface area contributed by atoms with E-state index in [0.29, 0.717) is 11.5 Å². The lowest BCUT2D eigenvalue weighted by Gasteiger charge is -2.38. The van der Waals surface area contributed by atoms with Crippen molar-refractivity contribution < 1.29 is 4.74 Å². The average molecular weight is 170 g/mol. The lowest BCUT2D eigenvalue weighted by molar-refractivity contribution is -0.0172. The Bertz CT molecular complexity index is 140. The Balaban J connectivity index is 2.46. The van der Waals surface area contributed by atoms with Crippen molar-refractivity contribution in [3.63, 3.8) is 0 Å². The molecule has 0 N–H and O–H groups in total. The predicted molar refractivity (Wildman–Crippen MR) is 52.2 cm³/mol. The molecule has 1 rings (SSSR count). The molecule has 1 nitrogen and oxygen atoms in total. The summed E-state index contributed by atoms with van der Waals surface area (Å²) >= 11 is 0. The summed E-state index contributed by atoms with van der Waals surface area (Å²) in [5, 5.41) is 0. The Hall–Kier alpha value is -0.0400. The van der Waals surface area contributed by atoms with Crippen LogP contribution in [0.4, 0.5) is 0 Å². The fourth-order valence-electron chi connectivity index (χ4n) is 2.62. The minimum absolute atomic E-state index is 0.498. The quantitative estimate of drug-likeness (QED) is 0.618. The molecule has 0 aromatic carbocycles. The molecule has 0 aromatic rings. The van der Waals surface area contributed by atoms with Gasteiger partial charge in [0, 0.05) is 6.61 Å². The number of rotatable bonds is 2. The van der Waals surface area contributed by atoms with E-state index in [1.54, 1.807) is 0 Å². The van der Waals surface area contributed by atoms with Gasteiger partial charge in [-0.1, -0.05) is 20.8 Å². The average Bonchev–Trinajstić information content (AvgIpc) is 1.82. The van der Waals surface area contributed by atoms with Crippen LogP contribution in [0.25, 0.3) is 0 Å². The van der Waals surface area contributed by atoms with Crippen LogP contribution in [0, 0.1) is 11.3 Å². The Morgan fingerprint density at radius 2 is 2.00 bits per heavy atom. The zero-order valence-electron chi connectivity index (χ0n) is 8.89. The fourth-order valence-corrected chi connectivity index (χ4v) is 2.62. The van der Waals surface area contributed by atoms with E-state index in [9.17, 15) is 0 Å². The second-order valence-electron chi connectivity index (χ2n) is 4.99. The summed E-state index contributed by atoms with van der Waals surface area (Å²) in [6.45, 7) is 10.0. The highest BCUT2D eigenvalue weighted by molar-refractivity contribution is 4.83. The lowest BCUT2D eigenvalue weighted by Crippen LogP contribution is -2.32. The molecule has 72 valence electrons. The van der Waals surface area contributed by atoms with Crippen molar-refractivity contribution in [3.8, 4) is 0 Å². The SMILES string of the molecule is CCO[C@@H]1C[C@@H](C)CC(C)(C)C1. The molecule has 0 amide bonds. The Morgan fingerprint density at radius 3 is 2.50 bits per heavy atom. The van der Waals surface area contributed by atoms with Gasteiger partial charge in [0.05, 0.1) is 6.10 Å². The van der Waals surface area contributed by atoms with Gasteiger partial charge in [-0.05, 0) is 37.5 Å². The fraction of sp³-hybridized carbons (Fsp3) is 1.00. The van der Waals surface area contributed by atoms with Gasteiger partial charge in [0.2, 0.25) is 0 Å². The van der Waals surface area contributed by atoms with E-state index in [0.717, 1.165) is 12.5 Å². The van der Waals surface area contributed by atoms with E-state index in [1.807, 2.05) is 0 Å². The Morgan fingerprint density at radius 1 is 1.33 bits per heavy atom. The molecule has 1 heteroatoms. The zero-order chi connectivity index (χ0) is 9.19. The van der Waals surface area contributed by atoms with Crippen LogP contribution in [-0.4, -0.2) is 12.7 Å². The summed E-state index contributed by atoms with van der Waals surface area (Å²) in [7, 11) is 0. The number of hydrogen-bond donors (Lipinski definition) is 0. The highest BCUT2D eigenvalue weighted by atomic mass is 16.5. The Kier molecular flexibility index (Phi) is 3.16. The summed E-state index contributed by atoms with van der Waals surface area (Å²) in [5.74, 6) is 0.838. The van der Waals surface area contributed by atoms with Crippen molar-refractivity contribution in [1.29, 1.82) is 0 Å². The van der Waals surface area contributed by atoms with Gasteiger partial charge in [0.25, 0.3) is 0 Å². The molecule has 0 heterocycles. The summed E-state index contributed by atoms with van der Waals surface area (Å²) in [4.78, 5) is 0. The van der Waals surface area contributed by atoms with Crippen LogP contribution >= 0.6 is 0 Å². The molecular weight excluding hydrogens is 148 g/mol. The first kappa shape index (κ1) is 10.0. The van der Waals surface area contributed by atoms with Crippen LogP contribution in [-0.2, 0) is 4.74 Å². The molecule has 0 aromatic heterocycles. The van der Waals surface area contributed by atoms with E-state index in [-0.39, 0.29) is 0 Å². The van der Waals surface area contributed by atoms with Gasteiger partial charge in [-0.3, -0.25) is 0 Å². The third-order valence-electron chi connectivity index (χ3n) is 2.75. The van der Waals surface area contributed by atoms with Gasteiger partial charge in [0.15, 0.2) is 0 Å². The molecule has 0 unspecified atom stereocenters. The second-order valence-corrected chi connectivity index (χ2v) is 4.99. The largest absolute Gasteiger partial charge is 0.378 e. The maximum atomic E-state index is 5.69. The molecule has 0 spiro atoms. The number of hydrogen-bond acceptors (Lipinski definition) is 1. The van der Waals surface area contributed by atoms with E-state index in [1.165, 1.54) is 19.3 Å². The van der Waals surface area contributed by atoms with Crippen LogP contribution in [0.2, 0.25) is 0 Å². The minimum Gasteiger partial charge on any atom is -0.378 e. The van der Waals surface area contributed by atoms with Gasteiger partial charge in [-0.25, -0.2) is 0 Å². The molecule has 2 atom stereocenters. The van der Waals surface area contributed by atoms with Gasteiger partial charge in [0.1, 0.15) is 0 Å². The van der Waals surface area contributed by atoms with Crippen molar-refractivity contribution in [2.24, 2.45) is 11.3 Å². The third kappa shape index (κ3) is 2.78. The first-order chi connectivity index (χ1) is 5.53. The number of ether oxygens (including phenoxy) is 1. The molecule has 1 fully saturated rings. The predicted octanol–water partition coefficient (Wildman–Crippen LogP) is 3.24. The van der Waals surface area contributed by atoms with Crippen molar-refractivity contribution in [2.45, 2.75) is 53.1 Å². The smallest absolute Gasteiger partial charge is 0.0582 e. The zero-order valence-corrected chi connectivity index (χ0v) is 8.89. The van der Waals surface area contributed by atoms with E-state index >= 15 is 0 Å². The van der Waals surface area contributed by atoms with E-state index in [2.05, 4.69) is 27.7 Å². The molecule has 0 aliphatic heterocycles. The van der Waals surface area contributed by atoms with Crippen LogP contribution < -0.4 is 0 Å². The second kappa shape index (κ2) is 3.78.